The molecule has 13 heavy (non-hydrogen) atoms. The topological polar surface area (TPSA) is 62.8 Å². The first-order chi connectivity index (χ1) is 6.43. The molecule has 0 atom stereocenters. The van der Waals surface area contributed by atoms with Crippen LogP contribution in [-0.4, -0.2) is 31.6 Å². The van der Waals surface area contributed by atoms with Crippen LogP contribution in [0.3, 0.4) is 0 Å². The Kier molecular flexibility index (Phi) is 6.51. The zero-order valence-electron chi connectivity index (χ0n) is 7.36. The van der Waals surface area contributed by atoms with Gasteiger partial charge in [-0.05, 0) is 12.8 Å². The van der Waals surface area contributed by atoms with Gasteiger partial charge in [-0.1, -0.05) is 0 Å². The van der Waals surface area contributed by atoms with E-state index in [-0.39, 0.29) is 0 Å². The molecule has 0 amide bonds. The summed E-state index contributed by atoms with van der Waals surface area (Å²) in [6, 6.07) is 0.544. The van der Waals surface area contributed by atoms with E-state index >= 15 is 0 Å². The minimum atomic E-state index is 0.544. The third kappa shape index (κ3) is 5.45. The van der Waals surface area contributed by atoms with Gasteiger partial charge in [0.25, 0.3) is 0 Å². The summed E-state index contributed by atoms with van der Waals surface area (Å²) in [6.45, 7) is 2.49. The van der Waals surface area contributed by atoms with E-state index in [1.54, 1.807) is 0 Å². The normalized spacial score (nSPS) is 19.2. The Balaban J connectivity index is 1.86. The average Bonchev–Trinajstić information content (AvgIpc) is 2.19. The Labute approximate surface area is 81.8 Å². The van der Waals surface area contributed by atoms with E-state index < -0.39 is 0 Å². The van der Waals surface area contributed by atoms with Gasteiger partial charge in [0.05, 0.1) is 0 Å². The van der Waals surface area contributed by atoms with Crippen molar-refractivity contribution in [3.63, 3.8) is 0 Å². The fourth-order valence-corrected chi connectivity index (χ4v) is 1.57. The molecule has 5 nitrogen and oxygen atoms in total. The van der Waals surface area contributed by atoms with Crippen molar-refractivity contribution < 1.29 is 19.4 Å². The van der Waals surface area contributed by atoms with Crippen LogP contribution in [0.5, 0.6) is 0 Å². The molecule has 1 N–H and O–H groups in total. The summed E-state index contributed by atoms with van der Waals surface area (Å²) in [6.07, 6.45) is 2.12. The molecule has 1 heterocycles. The van der Waals surface area contributed by atoms with Gasteiger partial charge >= 0.3 is 0 Å². The second-order valence-corrected chi connectivity index (χ2v) is 3.58. The van der Waals surface area contributed by atoms with Crippen LogP contribution < -0.4 is 10.6 Å². The fraction of sp³-hybridized carbons (Fsp3) is 1.00. The molecule has 1 rings (SSSR count). The van der Waals surface area contributed by atoms with Gasteiger partial charge in [0.1, 0.15) is 0 Å². The maximum Gasteiger partial charge on any atom is 0.0480 e. The lowest BCUT2D eigenvalue weighted by atomic mass is 10.1. The zero-order chi connectivity index (χ0) is 9.36. The zero-order valence-corrected chi connectivity index (χ0v) is 8.18. The van der Waals surface area contributed by atoms with Crippen molar-refractivity contribution in [3.8, 4) is 0 Å². The summed E-state index contributed by atoms with van der Waals surface area (Å²) in [5.74, 6) is 0.708. The Morgan fingerprint density at radius 1 is 1.46 bits per heavy atom. The van der Waals surface area contributed by atoms with Crippen molar-refractivity contribution in [2.24, 2.45) is 0 Å². The van der Waals surface area contributed by atoms with Crippen LogP contribution in [0, 0.1) is 0 Å². The second-order valence-electron chi connectivity index (χ2n) is 2.80. The molecule has 0 aromatic rings. The predicted molar refractivity (Wildman–Crippen MR) is 46.5 cm³/mol. The van der Waals surface area contributed by atoms with Crippen LogP contribution in [0.15, 0.2) is 0 Å². The Hall–Kier alpha value is 0.150. The smallest absolute Gasteiger partial charge is 0.0480 e. The number of nitrogens with one attached hydrogen (secondary N) is 1. The molecule has 78 valence electrons. The van der Waals surface area contributed by atoms with E-state index in [4.69, 9.17) is 4.74 Å². The molecule has 0 aromatic carbocycles. The van der Waals surface area contributed by atoms with Crippen LogP contribution >= 0.6 is 12.0 Å². The highest BCUT2D eigenvalue weighted by Gasteiger charge is 2.11. The van der Waals surface area contributed by atoms with Gasteiger partial charge < -0.3 is 15.3 Å². The molecule has 0 saturated carbocycles. The summed E-state index contributed by atoms with van der Waals surface area (Å²) < 4.78 is 9.33. The minimum Gasteiger partial charge on any atom is -0.691 e. The van der Waals surface area contributed by atoms with Crippen molar-refractivity contribution in [2.75, 3.05) is 25.5 Å². The number of ether oxygens (including phenoxy) is 1. The number of hydrogen-bond donors (Lipinski definition) is 1. The summed E-state index contributed by atoms with van der Waals surface area (Å²) in [5, 5.41) is 16.0. The maximum atomic E-state index is 9.41. The first-order valence-corrected chi connectivity index (χ1v) is 5.24. The quantitative estimate of drug-likeness (QED) is 0.278. The molecule has 0 radical (unpaired) electrons. The Bertz CT molecular complexity index is 121. The molecule has 1 saturated heterocycles. The molecule has 1 aliphatic rings. The molecule has 6 heteroatoms. The molecule has 0 aliphatic carbocycles. The first kappa shape index (κ1) is 11.2. The minimum absolute atomic E-state index is 0.544. The second kappa shape index (κ2) is 7.54. The van der Waals surface area contributed by atoms with Gasteiger partial charge in [-0.25, -0.2) is 0 Å². The van der Waals surface area contributed by atoms with Gasteiger partial charge in [-0.3, -0.25) is 5.04 Å². The van der Waals surface area contributed by atoms with Gasteiger partial charge in [0, 0.05) is 43.6 Å². The molecule has 0 aromatic heterocycles. The molecular weight excluding hydrogens is 194 g/mol. The average molecular weight is 208 g/mol. The molecule has 0 spiro atoms. The lowest BCUT2D eigenvalue weighted by molar-refractivity contribution is -0.777. The van der Waals surface area contributed by atoms with E-state index in [9.17, 15) is 5.26 Å². The number of rotatable bonds is 6. The van der Waals surface area contributed by atoms with E-state index in [1.165, 1.54) is 0 Å². The van der Waals surface area contributed by atoms with Crippen molar-refractivity contribution in [2.45, 2.75) is 18.9 Å². The highest BCUT2D eigenvalue weighted by molar-refractivity contribution is 7.94. The summed E-state index contributed by atoms with van der Waals surface area (Å²) >= 11 is 1.01. The van der Waals surface area contributed by atoms with Crippen molar-refractivity contribution in [3.05, 3.63) is 0 Å². The highest BCUT2D eigenvalue weighted by atomic mass is 32.2. The Morgan fingerprint density at radius 3 is 2.92 bits per heavy atom. The van der Waals surface area contributed by atoms with E-state index in [0.717, 1.165) is 44.6 Å². The standard InChI is InChI=1S/C7H15NO4S/c9-11-12-13-6-3-8-7-1-4-10-5-2-7/h7-9H,1-6H2/p-1. The lowest BCUT2D eigenvalue weighted by Gasteiger charge is -2.22. The number of hydrogen-bond acceptors (Lipinski definition) is 6. The largest absolute Gasteiger partial charge is 0.691 e. The van der Waals surface area contributed by atoms with Crippen LogP contribution in [0.2, 0.25) is 0 Å². The predicted octanol–water partition coefficient (Wildman–Crippen LogP) is -0.373. The monoisotopic (exact) mass is 208 g/mol. The SMILES string of the molecule is [O-]OOSCCNC1CCOCC1. The molecule has 0 unspecified atom stereocenters. The summed E-state index contributed by atoms with van der Waals surface area (Å²) in [7, 11) is 0. The van der Waals surface area contributed by atoms with Gasteiger partial charge in [0.2, 0.25) is 0 Å². The summed E-state index contributed by atoms with van der Waals surface area (Å²) in [5.41, 5.74) is 0. The first-order valence-electron chi connectivity index (χ1n) is 4.32. The lowest BCUT2D eigenvalue weighted by Crippen LogP contribution is -2.36. The third-order valence-electron chi connectivity index (χ3n) is 1.92. The molecular formula is C7H14NO4S-. The van der Waals surface area contributed by atoms with E-state index in [0.29, 0.717) is 11.8 Å². The molecule has 1 fully saturated rings. The van der Waals surface area contributed by atoms with Crippen molar-refractivity contribution in [1.82, 2.24) is 5.32 Å². The van der Waals surface area contributed by atoms with Gasteiger partial charge in [0.15, 0.2) is 0 Å². The van der Waals surface area contributed by atoms with Crippen LogP contribution in [0.1, 0.15) is 12.8 Å². The van der Waals surface area contributed by atoms with Crippen molar-refractivity contribution in [1.29, 1.82) is 0 Å². The van der Waals surface area contributed by atoms with E-state index in [1.807, 2.05) is 0 Å². The molecule has 0 bridgehead atoms. The highest BCUT2D eigenvalue weighted by Crippen LogP contribution is 2.06. The van der Waals surface area contributed by atoms with Crippen molar-refractivity contribution >= 4 is 12.0 Å². The van der Waals surface area contributed by atoms with Crippen LogP contribution in [0.25, 0.3) is 0 Å². The Morgan fingerprint density at radius 2 is 2.23 bits per heavy atom. The fourth-order valence-electron chi connectivity index (χ4n) is 1.26. The summed E-state index contributed by atoms with van der Waals surface area (Å²) in [4.78, 5) is 0. The van der Waals surface area contributed by atoms with Crippen LogP contribution in [-0.2, 0) is 14.1 Å². The van der Waals surface area contributed by atoms with Gasteiger partial charge in [-0.2, -0.15) is 4.33 Å². The van der Waals surface area contributed by atoms with Gasteiger partial charge in [-0.15, -0.1) is 0 Å². The molecule has 1 aliphatic heterocycles. The third-order valence-corrected chi connectivity index (χ3v) is 2.44. The van der Waals surface area contributed by atoms with Crippen LogP contribution in [0.4, 0.5) is 0 Å². The maximum absolute atomic E-state index is 9.41. The van der Waals surface area contributed by atoms with E-state index in [2.05, 4.69) is 14.7 Å².